The molecule has 0 aliphatic rings. The van der Waals surface area contributed by atoms with E-state index in [2.05, 4.69) is 16.0 Å². The van der Waals surface area contributed by atoms with Crippen LogP contribution in [0.3, 0.4) is 0 Å². The number of rotatable bonds is 6. The Morgan fingerprint density at radius 3 is 2.12 bits per heavy atom. The summed E-state index contributed by atoms with van der Waals surface area (Å²) in [5, 5.41) is 7.56. The zero-order chi connectivity index (χ0) is 13.4. The maximum Gasteiger partial charge on any atom is 0.242 e. The zero-order valence-corrected chi connectivity index (χ0v) is 10.8. The molecular formula is C11H21N3O3. The lowest BCUT2D eigenvalue weighted by atomic mass is 10.1. The van der Waals surface area contributed by atoms with Crippen molar-refractivity contribution in [1.82, 2.24) is 16.0 Å². The molecule has 0 saturated carbocycles. The van der Waals surface area contributed by atoms with Crippen LogP contribution < -0.4 is 16.0 Å². The molecule has 6 nitrogen and oxygen atoms in total. The second-order valence-electron chi connectivity index (χ2n) is 3.99. The minimum Gasteiger partial charge on any atom is -0.357 e. The SMILES string of the molecule is CCNC(=O)CC(NC(=O)C(C)C)C(=O)NC. The average molecular weight is 243 g/mol. The first kappa shape index (κ1) is 15.4. The summed E-state index contributed by atoms with van der Waals surface area (Å²) in [7, 11) is 1.47. The van der Waals surface area contributed by atoms with Gasteiger partial charge in [0, 0.05) is 19.5 Å². The zero-order valence-electron chi connectivity index (χ0n) is 10.8. The van der Waals surface area contributed by atoms with Crippen LogP contribution >= 0.6 is 0 Å². The molecule has 0 aromatic rings. The molecule has 0 aromatic carbocycles. The second kappa shape index (κ2) is 7.65. The van der Waals surface area contributed by atoms with E-state index < -0.39 is 6.04 Å². The Labute approximate surface area is 102 Å². The Kier molecular flexibility index (Phi) is 6.93. The number of hydrogen-bond donors (Lipinski definition) is 3. The highest BCUT2D eigenvalue weighted by Crippen LogP contribution is 1.97. The van der Waals surface area contributed by atoms with E-state index >= 15 is 0 Å². The monoisotopic (exact) mass is 243 g/mol. The van der Waals surface area contributed by atoms with E-state index in [0.29, 0.717) is 6.54 Å². The van der Waals surface area contributed by atoms with E-state index in [9.17, 15) is 14.4 Å². The largest absolute Gasteiger partial charge is 0.357 e. The highest BCUT2D eigenvalue weighted by atomic mass is 16.2. The highest BCUT2D eigenvalue weighted by molar-refractivity contribution is 5.92. The molecule has 0 aliphatic heterocycles. The van der Waals surface area contributed by atoms with E-state index in [-0.39, 0.29) is 30.1 Å². The fraction of sp³-hybridized carbons (Fsp3) is 0.727. The molecule has 0 heterocycles. The summed E-state index contributed by atoms with van der Waals surface area (Å²) in [6, 6.07) is -0.818. The van der Waals surface area contributed by atoms with Gasteiger partial charge in [0.2, 0.25) is 17.7 Å². The molecule has 0 aliphatic carbocycles. The van der Waals surface area contributed by atoms with Gasteiger partial charge in [-0.15, -0.1) is 0 Å². The summed E-state index contributed by atoms with van der Waals surface area (Å²) in [5.74, 6) is -1.10. The summed E-state index contributed by atoms with van der Waals surface area (Å²) in [4.78, 5) is 34.4. The summed E-state index contributed by atoms with van der Waals surface area (Å²) in [6.07, 6.45) is -0.0496. The molecule has 1 atom stereocenters. The van der Waals surface area contributed by atoms with Crippen LogP contribution in [0.4, 0.5) is 0 Å². The Balaban J connectivity index is 4.49. The van der Waals surface area contributed by atoms with Crippen molar-refractivity contribution >= 4 is 17.7 Å². The van der Waals surface area contributed by atoms with Gasteiger partial charge >= 0.3 is 0 Å². The van der Waals surface area contributed by atoms with Crippen molar-refractivity contribution in [2.45, 2.75) is 33.2 Å². The van der Waals surface area contributed by atoms with Crippen LogP contribution in [0.5, 0.6) is 0 Å². The minimum atomic E-state index is -0.818. The van der Waals surface area contributed by atoms with Gasteiger partial charge < -0.3 is 16.0 Å². The van der Waals surface area contributed by atoms with Crippen LogP contribution in [0.2, 0.25) is 0 Å². The molecule has 98 valence electrons. The summed E-state index contributed by atoms with van der Waals surface area (Å²) in [6.45, 7) is 5.74. The predicted octanol–water partition coefficient (Wildman–Crippen LogP) is -0.601. The molecule has 0 spiro atoms. The van der Waals surface area contributed by atoms with Gasteiger partial charge in [-0.25, -0.2) is 0 Å². The average Bonchev–Trinajstić information content (AvgIpc) is 2.27. The summed E-state index contributed by atoms with van der Waals surface area (Å²) >= 11 is 0. The molecule has 0 aromatic heterocycles. The molecule has 17 heavy (non-hydrogen) atoms. The molecule has 3 N–H and O–H groups in total. The van der Waals surface area contributed by atoms with Gasteiger partial charge in [-0.1, -0.05) is 13.8 Å². The van der Waals surface area contributed by atoms with Crippen molar-refractivity contribution in [2.75, 3.05) is 13.6 Å². The third-order valence-electron chi connectivity index (χ3n) is 2.17. The number of carbonyl (C=O) groups excluding carboxylic acids is 3. The lowest BCUT2D eigenvalue weighted by Crippen LogP contribution is -2.49. The van der Waals surface area contributed by atoms with Gasteiger partial charge in [0.25, 0.3) is 0 Å². The summed E-state index contributed by atoms with van der Waals surface area (Å²) < 4.78 is 0. The van der Waals surface area contributed by atoms with Crippen molar-refractivity contribution in [3.05, 3.63) is 0 Å². The fourth-order valence-electron chi connectivity index (χ4n) is 1.18. The minimum absolute atomic E-state index is 0.0496. The molecular weight excluding hydrogens is 222 g/mol. The smallest absolute Gasteiger partial charge is 0.242 e. The Hall–Kier alpha value is -1.59. The van der Waals surface area contributed by atoms with Gasteiger partial charge in [0.1, 0.15) is 6.04 Å². The van der Waals surface area contributed by atoms with Crippen molar-refractivity contribution in [3.8, 4) is 0 Å². The van der Waals surface area contributed by atoms with E-state index in [0.717, 1.165) is 0 Å². The van der Waals surface area contributed by atoms with Gasteiger partial charge in [0.05, 0.1) is 6.42 Å². The van der Waals surface area contributed by atoms with Crippen LogP contribution in [0.25, 0.3) is 0 Å². The molecule has 6 heteroatoms. The van der Waals surface area contributed by atoms with Crippen LogP contribution in [-0.4, -0.2) is 37.4 Å². The molecule has 0 radical (unpaired) electrons. The fourth-order valence-corrected chi connectivity index (χ4v) is 1.18. The van der Waals surface area contributed by atoms with Crippen molar-refractivity contribution < 1.29 is 14.4 Å². The number of hydrogen-bond acceptors (Lipinski definition) is 3. The molecule has 0 saturated heterocycles. The Bertz CT molecular complexity index is 290. The molecule has 0 fully saturated rings. The highest BCUT2D eigenvalue weighted by Gasteiger charge is 2.23. The topological polar surface area (TPSA) is 87.3 Å². The van der Waals surface area contributed by atoms with Gasteiger partial charge in [-0.05, 0) is 6.92 Å². The van der Waals surface area contributed by atoms with Crippen LogP contribution in [-0.2, 0) is 14.4 Å². The van der Waals surface area contributed by atoms with Crippen LogP contribution in [0.1, 0.15) is 27.2 Å². The number of amides is 3. The van der Waals surface area contributed by atoms with Gasteiger partial charge in [-0.3, -0.25) is 14.4 Å². The van der Waals surface area contributed by atoms with Gasteiger partial charge in [-0.2, -0.15) is 0 Å². The lowest BCUT2D eigenvalue weighted by Gasteiger charge is -2.18. The normalized spacial score (nSPS) is 11.8. The third-order valence-corrected chi connectivity index (χ3v) is 2.17. The standard InChI is InChI=1S/C11H21N3O3/c1-5-13-9(15)6-8(11(17)12-4)14-10(16)7(2)3/h7-8H,5-6H2,1-4H3,(H,12,17)(H,13,15)(H,14,16). The maximum absolute atomic E-state index is 11.5. The Morgan fingerprint density at radius 2 is 1.71 bits per heavy atom. The van der Waals surface area contributed by atoms with E-state index in [1.165, 1.54) is 7.05 Å². The molecule has 0 bridgehead atoms. The first-order valence-electron chi connectivity index (χ1n) is 5.71. The van der Waals surface area contributed by atoms with E-state index in [1.54, 1.807) is 20.8 Å². The van der Waals surface area contributed by atoms with Crippen LogP contribution in [0.15, 0.2) is 0 Å². The maximum atomic E-state index is 11.5. The lowest BCUT2D eigenvalue weighted by molar-refractivity contribution is -0.132. The Morgan fingerprint density at radius 1 is 1.12 bits per heavy atom. The molecule has 1 unspecified atom stereocenters. The van der Waals surface area contributed by atoms with Crippen molar-refractivity contribution in [1.29, 1.82) is 0 Å². The first-order valence-corrected chi connectivity index (χ1v) is 5.71. The van der Waals surface area contributed by atoms with Gasteiger partial charge in [0.15, 0.2) is 0 Å². The molecule has 3 amide bonds. The van der Waals surface area contributed by atoms with Crippen molar-refractivity contribution in [3.63, 3.8) is 0 Å². The second-order valence-corrected chi connectivity index (χ2v) is 3.99. The third kappa shape index (κ3) is 5.89. The van der Waals surface area contributed by atoms with Crippen molar-refractivity contribution in [2.24, 2.45) is 5.92 Å². The molecule has 0 rings (SSSR count). The van der Waals surface area contributed by atoms with E-state index in [4.69, 9.17) is 0 Å². The number of carbonyl (C=O) groups is 3. The quantitative estimate of drug-likeness (QED) is 0.582. The number of likely N-dealkylation sites (N-methyl/N-ethyl adjacent to an activating group) is 1. The predicted molar refractivity (Wildman–Crippen MR) is 64.1 cm³/mol. The number of nitrogens with one attached hydrogen (secondary N) is 3. The summed E-state index contributed by atoms with van der Waals surface area (Å²) in [5.41, 5.74) is 0. The first-order chi connectivity index (χ1) is 7.92. The van der Waals surface area contributed by atoms with Crippen LogP contribution in [0, 0.1) is 5.92 Å². The van der Waals surface area contributed by atoms with E-state index in [1.807, 2.05) is 0 Å².